The average Bonchev–Trinajstić information content (AvgIpc) is 3.03. The third-order valence-corrected chi connectivity index (χ3v) is 3.95. The van der Waals surface area contributed by atoms with Gasteiger partial charge in [-0.05, 0) is 18.6 Å². The molecule has 0 aliphatic heterocycles. The number of carbonyl (C=O) groups excluding carboxylic acids is 1. The summed E-state index contributed by atoms with van der Waals surface area (Å²) in [5.41, 5.74) is 0. The highest BCUT2D eigenvalue weighted by Gasteiger charge is 2.38. The second kappa shape index (κ2) is 5.97. The van der Waals surface area contributed by atoms with Crippen molar-refractivity contribution in [2.24, 2.45) is 5.92 Å². The van der Waals surface area contributed by atoms with Crippen molar-refractivity contribution in [2.75, 3.05) is 0 Å². The van der Waals surface area contributed by atoms with Crippen molar-refractivity contribution in [3.63, 3.8) is 0 Å². The number of aromatic nitrogens is 2. The summed E-state index contributed by atoms with van der Waals surface area (Å²) in [5, 5.41) is 3.33. The molecule has 2 heterocycles. The van der Waals surface area contributed by atoms with E-state index in [0.29, 0.717) is 17.7 Å². The van der Waals surface area contributed by atoms with Crippen LogP contribution in [0, 0.1) is 5.92 Å². The molecule has 2 aromatic rings. The first-order chi connectivity index (χ1) is 9.77. The first-order valence-corrected chi connectivity index (χ1v) is 7.11. The monoisotopic (exact) mass is 318 g/mol. The second-order valence-electron chi connectivity index (χ2n) is 4.81. The number of thiophene rings is 1. The molecule has 21 heavy (non-hydrogen) atoms. The lowest BCUT2D eigenvalue weighted by atomic mass is 10.0. The van der Waals surface area contributed by atoms with Crippen LogP contribution >= 0.6 is 11.3 Å². The van der Waals surface area contributed by atoms with Crippen molar-refractivity contribution in [2.45, 2.75) is 32.9 Å². The number of hydrogen-bond acceptors (Lipinski definition) is 5. The van der Waals surface area contributed by atoms with Crippen LogP contribution in [0.5, 0.6) is 0 Å². The van der Waals surface area contributed by atoms with Crippen LogP contribution in [0.2, 0.25) is 0 Å². The van der Waals surface area contributed by atoms with E-state index in [9.17, 15) is 18.0 Å². The Labute approximate surface area is 123 Å². The zero-order valence-corrected chi connectivity index (χ0v) is 12.2. The maximum absolute atomic E-state index is 12.4. The molecule has 0 aliphatic carbocycles. The molecular formula is C13H13F3N2O2S. The fraction of sp³-hybridized carbons (Fsp3) is 0.462. The molecule has 0 spiro atoms. The summed E-state index contributed by atoms with van der Waals surface area (Å²) in [4.78, 5) is 16.3. The molecule has 0 saturated carbocycles. The number of alkyl halides is 3. The maximum Gasteiger partial charge on any atom is 0.471 e. The molecule has 114 valence electrons. The van der Waals surface area contributed by atoms with Crippen molar-refractivity contribution in [1.82, 2.24) is 10.1 Å². The van der Waals surface area contributed by atoms with Gasteiger partial charge in [0.2, 0.25) is 5.82 Å². The van der Waals surface area contributed by atoms with E-state index >= 15 is 0 Å². The number of ketones is 1. The molecule has 4 nitrogen and oxygen atoms in total. The van der Waals surface area contributed by atoms with E-state index in [1.54, 1.807) is 12.1 Å². The lowest BCUT2D eigenvalue weighted by molar-refractivity contribution is -0.159. The summed E-state index contributed by atoms with van der Waals surface area (Å²) in [6, 6.07) is 3.39. The van der Waals surface area contributed by atoms with E-state index in [1.165, 1.54) is 11.3 Å². The van der Waals surface area contributed by atoms with Crippen molar-refractivity contribution in [1.29, 1.82) is 0 Å². The molecule has 0 atom stereocenters. The maximum atomic E-state index is 12.4. The Morgan fingerprint density at radius 1 is 1.38 bits per heavy atom. The number of hydrogen-bond donors (Lipinski definition) is 0. The molecule has 8 heteroatoms. The van der Waals surface area contributed by atoms with E-state index in [1.807, 2.05) is 13.8 Å². The lowest BCUT2D eigenvalue weighted by Gasteiger charge is -2.01. The summed E-state index contributed by atoms with van der Waals surface area (Å²) in [5.74, 6) is -1.31. The molecule has 0 fully saturated rings. The summed E-state index contributed by atoms with van der Waals surface area (Å²) >= 11 is 1.26. The zero-order chi connectivity index (χ0) is 15.6. The van der Waals surface area contributed by atoms with Gasteiger partial charge in [-0.25, -0.2) is 0 Å². The van der Waals surface area contributed by atoms with Crippen LogP contribution in [0.4, 0.5) is 13.2 Å². The van der Waals surface area contributed by atoms with Crippen molar-refractivity contribution < 1.29 is 22.5 Å². The van der Waals surface area contributed by atoms with Crippen LogP contribution in [0.3, 0.4) is 0 Å². The van der Waals surface area contributed by atoms with Gasteiger partial charge in [0, 0.05) is 17.2 Å². The van der Waals surface area contributed by atoms with Gasteiger partial charge in [-0.15, -0.1) is 11.3 Å². The van der Waals surface area contributed by atoms with Gasteiger partial charge in [0.15, 0.2) is 0 Å². The van der Waals surface area contributed by atoms with E-state index in [0.717, 1.165) is 4.88 Å². The summed E-state index contributed by atoms with van der Waals surface area (Å²) in [7, 11) is 0. The Bertz CT molecular complexity index is 631. The Morgan fingerprint density at radius 2 is 2.10 bits per heavy atom. The van der Waals surface area contributed by atoms with Gasteiger partial charge in [-0.1, -0.05) is 19.0 Å². The van der Waals surface area contributed by atoms with Gasteiger partial charge >= 0.3 is 12.1 Å². The number of rotatable bonds is 5. The third-order valence-electron chi connectivity index (χ3n) is 2.81. The molecule has 0 saturated heterocycles. The second-order valence-corrected chi connectivity index (χ2v) is 5.98. The minimum atomic E-state index is -4.64. The summed E-state index contributed by atoms with van der Waals surface area (Å²) < 4.78 is 41.3. The molecule has 0 unspecified atom stereocenters. The first-order valence-electron chi connectivity index (χ1n) is 6.30. The Kier molecular flexibility index (Phi) is 4.46. The predicted molar refractivity (Wildman–Crippen MR) is 70.8 cm³/mol. The smallest absolute Gasteiger partial charge is 0.329 e. The lowest BCUT2D eigenvalue weighted by Crippen LogP contribution is -2.07. The molecule has 0 aromatic carbocycles. The van der Waals surface area contributed by atoms with Crippen LogP contribution in [-0.2, 0) is 17.4 Å². The fourth-order valence-corrected chi connectivity index (χ4v) is 2.54. The summed E-state index contributed by atoms with van der Waals surface area (Å²) in [6.45, 7) is 3.67. The van der Waals surface area contributed by atoms with Crippen molar-refractivity contribution in [3.8, 4) is 10.7 Å². The van der Waals surface area contributed by atoms with Crippen molar-refractivity contribution in [3.05, 3.63) is 22.9 Å². The third kappa shape index (κ3) is 3.90. The van der Waals surface area contributed by atoms with Gasteiger partial charge < -0.3 is 4.52 Å². The first kappa shape index (κ1) is 15.7. The largest absolute Gasteiger partial charge is 0.471 e. The molecule has 0 amide bonds. The van der Waals surface area contributed by atoms with E-state index in [-0.39, 0.29) is 17.5 Å². The van der Waals surface area contributed by atoms with Crippen LogP contribution in [0.25, 0.3) is 10.7 Å². The van der Waals surface area contributed by atoms with Gasteiger partial charge in [0.1, 0.15) is 5.78 Å². The van der Waals surface area contributed by atoms with Gasteiger partial charge in [-0.3, -0.25) is 4.79 Å². The van der Waals surface area contributed by atoms with E-state index in [2.05, 4.69) is 14.7 Å². The number of nitrogens with zero attached hydrogens (tertiary/aromatic N) is 2. The molecule has 0 bridgehead atoms. The number of carbonyl (C=O) groups is 1. The quantitative estimate of drug-likeness (QED) is 0.837. The van der Waals surface area contributed by atoms with Crippen LogP contribution < -0.4 is 0 Å². The van der Waals surface area contributed by atoms with Gasteiger partial charge in [0.25, 0.3) is 0 Å². The Hall–Kier alpha value is -1.70. The highest BCUT2D eigenvalue weighted by Crippen LogP contribution is 2.32. The highest BCUT2D eigenvalue weighted by atomic mass is 32.1. The number of Topliss-reactive ketones (excluding diaryl/α,β-unsaturated/α-hetero) is 1. The zero-order valence-electron chi connectivity index (χ0n) is 11.4. The van der Waals surface area contributed by atoms with Crippen LogP contribution in [0.15, 0.2) is 16.7 Å². The SMILES string of the molecule is CC(C)C(=O)CCc1ccc(-c2noc(C(F)(F)F)n2)s1. The predicted octanol–water partition coefficient (Wildman–Crippen LogP) is 3.97. The van der Waals surface area contributed by atoms with E-state index in [4.69, 9.17) is 0 Å². The summed E-state index contributed by atoms with van der Waals surface area (Å²) in [6.07, 6.45) is -3.67. The van der Waals surface area contributed by atoms with E-state index < -0.39 is 12.1 Å². The molecule has 2 rings (SSSR count). The number of aryl methyl sites for hydroxylation is 1. The van der Waals surface area contributed by atoms with Gasteiger partial charge in [0.05, 0.1) is 4.88 Å². The van der Waals surface area contributed by atoms with Gasteiger partial charge in [-0.2, -0.15) is 18.2 Å². The highest BCUT2D eigenvalue weighted by molar-refractivity contribution is 7.15. The normalized spacial score (nSPS) is 12.1. The molecule has 0 N–H and O–H groups in total. The van der Waals surface area contributed by atoms with Crippen LogP contribution in [0.1, 0.15) is 31.0 Å². The molecule has 2 aromatic heterocycles. The Morgan fingerprint density at radius 3 is 2.67 bits per heavy atom. The molecule has 0 radical (unpaired) electrons. The molecule has 0 aliphatic rings. The fourth-order valence-electron chi connectivity index (χ4n) is 1.61. The van der Waals surface area contributed by atoms with Crippen molar-refractivity contribution >= 4 is 17.1 Å². The Balaban J connectivity index is 2.06. The minimum absolute atomic E-state index is 0.0176. The standard InChI is InChI=1S/C13H13F3N2O2S/c1-7(2)9(19)5-3-8-4-6-10(21-8)11-17-12(20-18-11)13(14,15)16/h4,6-7H,3,5H2,1-2H3. The average molecular weight is 318 g/mol. The number of halogens is 3. The minimum Gasteiger partial charge on any atom is -0.329 e. The van der Waals surface area contributed by atoms with Crippen LogP contribution in [-0.4, -0.2) is 15.9 Å². The topological polar surface area (TPSA) is 56.0 Å². The molecular weight excluding hydrogens is 305 g/mol.